The van der Waals surface area contributed by atoms with E-state index in [1.807, 2.05) is 6.07 Å². The van der Waals surface area contributed by atoms with Crippen LogP contribution in [0, 0.1) is 5.92 Å². The second kappa shape index (κ2) is 8.52. The van der Waals surface area contributed by atoms with E-state index in [1.54, 1.807) is 44.2 Å². The Hall–Kier alpha value is -2.07. The van der Waals surface area contributed by atoms with Crippen LogP contribution in [0.4, 0.5) is 0 Å². The number of halogens is 1. The van der Waals surface area contributed by atoms with Gasteiger partial charge >= 0.3 is 0 Å². The van der Waals surface area contributed by atoms with E-state index in [9.17, 15) is 13.2 Å². The minimum atomic E-state index is -3.96. The molecule has 0 fully saturated rings. The highest BCUT2D eigenvalue weighted by molar-refractivity contribution is 7.89. The highest BCUT2D eigenvalue weighted by Crippen LogP contribution is 2.22. The van der Waals surface area contributed by atoms with Crippen molar-refractivity contribution in [2.75, 3.05) is 0 Å². The summed E-state index contributed by atoms with van der Waals surface area (Å²) in [5.41, 5.74) is 1.62. The van der Waals surface area contributed by atoms with Crippen molar-refractivity contribution < 1.29 is 13.2 Å². The Labute approximate surface area is 172 Å². The van der Waals surface area contributed by atoms with Gasteiger partial charge in [0.1, 0.15) is 22.0 Å². The molecule has 10 heteroatoms. The first kappa shape index (κ1) is 20.7. The van der Waals surface area contributed by atoms with Gasteiger partial charge in [-0.25, -0.2) is 8.42 Å². The number of rotatable bonds is 7. The van der Waals surface area contributed by atoms with Crippen LogP contribution in [0.25, 0.3) is 11.0 Å². The molecule has 0 aliphatic carbocycles. The largest absolute Gasteiger partial charge is 0.351 e. The number of benzene rings is 2. The smallest absolute Gasteiger partial charge is 0.243 e. The predicted molar refractivity (Wildman–Crippen MR) is 110 cm³/mol. The SMILES string of the molecule is CC(C)[C@H](NS(=O)(=O)c1cccc2nsnc12)C(=O)NCc1cccc(Cl)c1. The maximum Gasteiger partial charge on any atom is 0.243 e. The van der Waals surface area contributed by atoms with E-state index in [0.29, 0.717) is 16.1 Å². The quantitative estimate of drug-likeness (QED) is 0.590. The van der Waals surface area contributed by atoms with E-state index in [-0.39, 0.29) is 17.4 Å². The van der Waals surface area contributed by atoms with Crippen molar-refractivity contribution in [1.29, 1.82) is 0 Å². The molecule has 148 valence electrons. The molecule has 1 aromatic heterocycles. The van der Waals surface area contributed by atoms with Crippen LogP contribution in [0.15, 0.2) is 47.4 Å². The molecule has 1 atom stereocenters. The molecule has 0 saturated heterocycles. The number of hydrogen-bond donors (Lipinski definition) is 2. The molecule has 28 heavy (non-hydrogen) atoms. The minimum Gasteiger partial charge on any atom is -0.351 e. The molecular weight excluding hydrogens is 420 g/mol. The molecule has 3 rings (SSSR count). The van der Waals surface area contributed by atoms with Gasteiger partial charge in [-0.2, -0.15) is 13.5 Å². The van der Waals surface area contributed by atoms with Gasteiger partial charge in [0.2, 0.25) is 15.9 Å². The molecule has 2 N–H and O–H groups in total. The van der Waals surface area contributed by atoms with Crippen LogP contribution >= 0.6 is 23.3 Å². The molecule has 0 aliphatic rings. The van der Waals surface area contributed by atoms with Gasteiger partial charge in [-0.1, -0.05) is 43.6 Å². The number of carbonyl (C=O) groups excluding carboxylic acids is 1. The summed E-state index contributed by atoms with van der Waals surface area (Å²) in [4.78, 5) is 12.7. The molecule has 2 aromatic carbocycles. The van der Waals surface area contributed by atoms with Gasteiger partial charge in [0.15, 0.2) is 0 Å². The maximum atomic E-state index is 12.9. The Morgan fingerprint density at radius 1 is 1.18 bits per heavy atom. The van der Waals surface area contributed by atoms with Gasteiger partial charge in [0, 0.05) is 11.6 Å². The lowest BCUT2D eigenvalue weighted by molar-refractivity contribution is -0.123. The number of nitrogens with zero attached hydrogens (tertiary/aromatic N) is 2. The average molecular weight is 439 g/mol. The Bertz CT molecular complexity index is 1100. The van der Waals surface area contributed by atoms with Gasteiger partial charge in [-0.3, -0.25) is 4.79 Å². The number of hydrogen-bond acceptors (Lipinski definition) is 6. The zero-order valence-corrected chi connectivity index (χ0v) is 17.6. The fourth-order valence-electron chi connectivity index (χ4n) is 2.67. The third-order valence-corrected chi connectivity index (χ3v) is 6.38. The van der Waals surface area contributed by atoms with Gasteiger partial charge in [-0.05, 0) is 35.7 Å². The van der Waals surface area contributed by atoms with Crippen LogP contribution in [0.1, 0.15) is 19.4 Å². The third kappa shape index (κ3) is 4.67. The normalized spacial score (nSPS) is 13.0. The minimum absolute atomic E-state index is 0.00652. The van der Waals surface area contributed by atoms with Crippen molar-refractivity contribution in [3.05, 3.63) is 53.1 Å². The van der Waals surface area contributed by atoms with Crippen molar-refractivity contribution in [3.63, 3.8) is 0 Å². The molecule has 0 aliphatic heterocycles. The second-order valence-corrected chi connectivity index (χ2v) is 9.23. The van der Waals surface area contributed by atoms with E-state index in [2.05, 4.69) is 18.8 Å². The number of aromatic nitrogens is 2. The fraction of sp³-hybridized carbons (Fsp3) is 0.278. The zero-order chi connectivity index (χ0) is 20.3. The summed E-state index contributed by atoms with van der Waals surface area (Å²) in [6.45, 7) is 3.80. The average Bonchev–Trinajstić information content (AvgIpc) is 3.12. The molecule has 7 nitrogen and oxygen atoms in total. The number of carbonyl (C=O) groups is 1. The lowest BCUT2D eigenvalue weighted by Crippen LogP contribution is -2.49. The number of sulfonamides is 1. The van der Waals surface area contributed by atoms with Gasteiger partial charge in [0.05, 0.1) is 11.7 Å². The van der Waals surface area contributed by atoms with E-state index in [1.165, 1.54) is 6.07 Å². The van der Waals surface area contributed by atoms with Crippen LogP contribution in [0.3, 0.4) is 0 Å². The summed E-state index contributed by atoms with van der Waals surface area (Å²) in [5, 5.41) is 3.33. The molecule has 3 aromatic rings. The maximum absolute atomic E-state index is 12.9. The van der Waals surface area contributed by atoms with Crippen LogP contribution in [0.5, 0.6) is 0 Å². The van der Waals surface area contributed by atoms with E-state index < -0.39 is 22.0 Å². The third-order valence-electron chi connectivity index (χ3n) is 4.13. The highest BCUT2D eigenvalue weighted by Gasteiger charge is 2.29. The van der Waals surface area contributed by atoms with Crippen molar-refractivity contribution in [3.8, 4) is 0 Å². The van der Waals surface area contributed by atoms with E-state index in [0.717, 1.165) is 17.3 Å². The zero-order valence-electron chi connectivity index (χ0n) is 15.2. The molecule has 0 spiro atoms. The van der Waals surface area contributed by atoms with Crippen LogP contribution in [-0.4, -0.2) is 29.1 Å². The molecule has 0 bridgehead atoms. The van der Waals surface area contributed by atoms with Crippen LogP contribution in [-0.2, 0) is 21.4 Å². The van der Waals surface area contributed by atoms with Gasteiger partial charge in [-0.15, -0.1) is 0 Å². The van der Waals surface area contributed by atoms with E-state index in [4.69, 9.17) is 11.6 Å². The monoisotopic (exact) mass is 438 g/mol. The topological polar surface area (TPSA) is 101 Å². The molecule has 1 heterocycles. The summed E-state index contributed by atoms with van der Waals surface area (Å²) in [7, 11) is -3.96. The first-order valence-electron chi connectivity index (χ1n) is 8.53. The van der Waals surface area contributed by atoms with E-state index >= 15 is 0 Å². The molecule has 0 unspecified atom stereocenters. The number of nitrogens with one attached hydrogen (secondary N) is 2. The highest BCUT2D eigenvalue weighted by atomic mass is 35.5. The lowest BCUT2D eigenvalue weighted by Gasteiger charge is -2.21. The molecule has 1 amide bonds. The van der Waals surface area contributed by atoms with Crippen molar-refractivity contribution in [2.24, 2.45) is 5.92 Å². The first-order chi connectivity index (χ1) is 13.3. The van der Waals surface area contributed by atoms with Crippen LogP contribution < -0.4 is 10.0 Å². The van der Waals surface area contributed by atoms with Gasteiger partial charge < -0.3 is 5.32 Å². The summed E-state index contributed by atoms with van der Waals surface area (Å²) in [6, 6.07) is 10.9. The second-order valence-electron chi connectivity index (χ2n) is 6.58. The Balaban J connectivity index is 1.78. The van der Waals surface area contributed by atoms with Crippen molar-refractivity contribution in [2.45, 2.75) is 31.3 Å². The Morgan fingerprint density at radius 2 is 1.93 bits per heavy atom. The Kier molecular flexibility index (Phi) is 6.29. The van der Waals surface area contributed by atoms with Crippen molar-refractivity contribution in [1.82, 2.24) is 18.8 Å². The summed E-state index contributed by atoms with van der Waals surface area (Å²) < 4.78 is 36.5. The predicted octanol–water partition coefficient (Wildman–Crippen LogP) is 2.96. The Morgan fingerprint density at radius 3 is 2.64 bits per heavy atom. The molecule has 0 saturated carbocycles. The summed E-state index contributed by atoms with van der Waals surface area (Å²) >= 11 is 6.89. The first-order valence-corrected chi connectivity index (χ1v) is 11.1. The molecular formula is C18H19ClN4O3S2. The van der Waals surface area contributed by atoms with Crippen molar-refractivity contribution >= 4 is 50.3 Å². The standard InChI is InChI=1S/C18H19ClN4O3S2/c1-11(2)16(18(24)20-10-12-5-3-6-13(19)9-12)23-28(25,26)15-8-4-7-14-17(15)22-27-21-14/h3-9,11,16,23H,10H2,1-2H3,(H,20,24)/t16-/m0/s1. The lowest BCUT2D eigenvalue weighted by atomic mass is 10.0. The number of fused-ring (bicyclic) bond motifs is 1. The molecule has 0 radical (unpaired) electrons. The summed E-state index contributed by atoms with van der Waals surface area (Å²) in [6.07, 6.45) is 0. The van der Waals surface area contributed by atoms with Gasteiger partial charge in [0.25, 0.3) is 0 Å². The fourth-order valence-corrected chi connectivity index (χ4v) is 4.99. The summed E-state index contributed by atoms with van der Waals surface area (Å²) in [5.74, 6) is -0.677. The van der Waals surface area contributed by atoms with Crippen LogP contribution in [0.2, 0.25) is 5.02 Å². The number of amides is 1.